The molecule has 0 bridgehead atoms. The average Bonchev–Trinajstić information content (AvgIpc) is 2.94. The van der Waals surface area contributed by atoms with Crippen molar-refractivity contribution in [2.45, 2.75) is 58.8 Å². The standard InChI is InChI=1S/C21H28O/c1-4-14-5-7-18-17-8-6-15-12-16(22)9-10-21(15,3)19(17)11-13(2)20(14)18/h1,12-14,17-20H,5-11H2,2-3H3/t13-,14+,17?,18?,19?,20?,21+/m1/s1. The third-order valence-corrected chi connectivity index (χ3v) is 7.86. The maximum absolute atomic E-state index is 11.9. The minimum absolute atomic E-state index is 0.296. The van der Waals surface area contributed by atoms with E-state index in [0.29, 0.717) is 17.1 Å². The fourth-order valence-corrected chi connectivity index (χ4v) is 6.82. The predicted octanol–water partition coefficient (Wildman–Crippen LogP) is 4.62. The van der Waals surface area contributed by atoms with Crippen molar-refractivity contribution in [2.24, 2.45) is 40.9 Å². The third-order valence-electron chi connectivity index (χ3n) is 7.86. The van der Waals surface area contributed by atoms with Gasteiger partial charge in [-0.05, 0) is 79.6 Å². The third kappa shape index (κ3) is 1.89. The topological polar surface area (TPSA) is 17.1 Å². The molecule has 7 atom stereocenters. The highest BCUT2D eigenvalue weighted by atomic mass is 16.1. The summed E-state index contributed by atoms with van der Waals surface area (Å²) in [6.07, 6.45) is 16.0. The molecule has 0 amide bonds. The van der Waals surface area contributed by atoms with E-state index in [1.54, 1.807) is 0 Å². The number of fused-ring (bicyclic) bond motifs is 5. The van der Waals surface area contributed by atoms with Gasteiger partial charge >= 0.3 is 0 Å². The molecule has 0 heterocycles. The Labute approximate surface area is 134 Å². The van der Waals surface area contributed by atoms with E-state index in [-0.39, 0.29) is 0 Å². The van der Waals surface area contributed by atoms with Crippen LogP contribution < -0.4 is 0 Å². The van der Waals surface area contributed by atoms with Crippen molar-refractivity contribution in [1.29, 1.82) is 0 Å². The molecule has 3 fully saturated rings. The molecule has 0 aromatic heterocycles. The Bertz CT molecular complexity index is 565. The van der Waals surface area contributed by atoms with Crippen LogP contribution in [0.2, 0.25) is 0 Å². The number of carbonyl (C=O) groups excluding carboxylic acids is 1. The lowest BCUT2D eigenvalue weighted by molar-refractivity contribution is -0.117. The van der Waals surface area contributed by atoms with Gasteiger partial charge in [0, 0.05) is 12.3 Å². The first-order chi connectivity index (χ1) is 10.5. The van der Waals surface area contributed by atoms with Gasteiger partial charge in [0.05, 0.1) is 0 Å². The zero-order chi connectivity index (χ0) is 15.5. The molecule has 0 radical (unpaired) electrons. The van der Waals surface area contributed by atoms with Crippen LogP contribution in [-0.4, -0.2) is 5.78 Å². The molecule has 4 aliphatic carbocycles. The van der Waals surface area contributed by atoms with Crippen molar-refractivity contribution in [3.05, 3.63) is 11.6 Å². The smallest absolute Gasteiger partial charge is 0.155 e. The van der Waals surface area contributed by atoms with E-state index in [4.69, 9.17) is 6.42 Å². The van der Waals surface area contributed by atoms with Crippen LogP contribution in [0.1, 0.15) is 58.8 Å². The summed E-state index contributed by atoms with van der Waals surface area (Å²) in [6, 6.07) is 0. The predicted molar refractivity (Wildman–Crippen MR) is 89.0 cm³/mol. The van der Waals surface area contributed by atoms with Crippen LogP contribution in [0, 0.1) is 53.3 Å². The molecular weight excluding hydrogens is 268 g/mol. The van der Waals surface area contributed by atoms with Gasteiger partial charge in [0.25, 0.3) is 0 Å². The van der Waals surface area contributed by atoms with Gasteiger partial charge in [-0.3, -0.25) is 4.79 Å². The van der Waals surface area contributed by atoms with E-state index >= 15 is 0 Å². The lowest BCUT2D eigenvalue weighted by Crippen LogP contribution is -2.49. The molecule has 1 heteroatoms. The van der Waals surface area contributed by atoms with Crippen LogP contribution in [0.4, 0.5) is 0 Å². The van der Waals surface area contributed by atoms with Gasteiger partial charge in [-0.2, -0.15) is 0 Å². The van der Waals surface area contributed by atoms with E-state index in [1.807, 2.05) is 6.08 Å². The van der Waals surface area contributed by atoms with E-state index in [0.717, 1.165) is 48.9 Å². The monoisotopic (exact) mass is 296 g/mol. The first kappa shape index (κ1) is 14.6. The summed E-state index contributed by atoms with van der Waals surface area (Å²) in [5, 5.41) is 0. The highest BCUT2D eigenvalue weighted by Crippen LogP contribution is 2.63. The number of hydrogen-bond donors (Lipinski definition) is 0. The molecule has 0 saturated heterocycles. The molecule has 0 aromatic carbocycles. The molecule has 0 spiro atoms. The van der Waals surface area contributed by atoms with Crippen molar-refractivity contribution in [2.75, 3.05) is 0 Å². The first-order valence-corrected chi connectivity index (χ1v) is 9.24. The molecule has 118 valence electrons. The van der Waals surface area contributed by atoms with E-state index < -0.39 is 0 Å². The Hall–Kier alpha value is -1.03. The summed E-state index contributed by atoms with van der Waals surface area (Å²) in [5.41, 5.74) is 1.77. The molecule has 0 aromatic rings. The number of hydrogen-bond acceptors (Lipinski definition) is 1. The molecule has 22 heavy (non-hydrogen) atoms. The largest absolute Gasteiger partial charge is 0.295 e. The molecule has 4 unspecified atom stereocenters. The number of carbonyl (C=O) groups is 1. The molecule has 1 nitrogen and oxygen atoms in total. The number of ketones is 1. The lowest BCUT2D eigenvalue weighted by Gasteiger charge is -2.56. The quantitative estimate of drug-likeness (QED) is 0.596. The highest BCUT2D eigenvalue weighted by molar-refractivity contribution is 5.91. The number of allylic oxidation sites excluding steroid dienone is 1. The second-order valence-corrected chi connectivity index (χ2v) is 8.67. The van der Waals surface area contributed by atoms with E-state index in [9.17, 15) is 4.79 Å². The van der Waals surface area contributed by atoms with Crippen LogP contribution in [0.3, 0.4) is 0 Å². The first-order valence-electron chi connectivity index (χ1n) is 9.24. The van der Waals surface area contributed by atoms with Crippen LogP contribution in [0.25, 0.3) is 0 Å². The second kappa shape index (κ2) is 4.98. The Kier molecular flexibility index (Phi) is 3.30. The average molecular weight is 296 g/mol. The normalized spacial score (nSPS) is 50.4. The second-order valence-electron chi connectivity index (χ2n) is 8.67. The summed E-state index contributed by atoms with van der Waals surface area (Å²) in [7, 11) is 0. The summed E-state index contributed by atoms with van der Waals surface area (Å²) in [6.45, 7) is 4.90. The molecule has 4 aliphatic rings. The Morgan fingerprint density at radius 2 is 2.05 bits per heavy atom. The summed E-state index contributed by atoms with van der Waals surface area (Å²) in [4.78, 5) is 11.9. The molecule has 4 rings (SSSR count). The van der Waals surface area contributed by atoms with Crippen molar-refractivity contribution in [3.63, 3.8) is 0 Å². The van der Waals surface area contributed by atoms with Gasteiger partial charge in [-0.15, -0.1) is 12.3 Å². The van der Waals surface area contributed by atoms with E-state index in [1.165, 1.54) is 31.3 Å². The zero-order valence-corrected chi connectivity index (χ0v) is 14.0. The van der Waals surface area contributed by atoms with Crippen molar-refractivity contribution >= 4 is 5.78 Å². The van der Waals surface area contributed by atoms with Gasteiger partial charge in [0.1, 0.15) is 0 Å². The highest BCUT2D eigenvalue weighted by Gasteiger charge is 2.56. The van der Waals surface area contributed by atoms with Crippen LogP contribution in [0.15, 0.2) is 11.6 Å². The molecule has 0 aliphatic heterocycles. The van der Waals surface area contributed by atoms with Crippen molar-refractivity contribution in [1.82, 2.24) is 0 Å². The van der Waals surface area contributed by atoms with Crippen LogP contribution >= 0.6 is 0 Å². The summed E-state index contributed by atoms with van der Waals surface area (Å²) < 4.78 is 0. The SMILES string of the molecule is C#C[C@H]1CCC2C3CCC4=CC(=O)CC[C@]4(C)C3C[C@@H](C)C21. The van der Waals surface area contributed by atoms with E-state index in [2.05, 4.69) is 19.8 Å². The Morgan fingerprint density at radius 3 is 2.82 bits per heavy atom. The molecular formula is C21H28O. The zero-order valence-electron chi connectivity index (χ0n) is 14.0. The molecule has 0 N–H and O–H groups in total. The summed E-state index contributed by atoms with van der Waals surface area (Å²) in [5.74, 6) is 8.01. The maximum atomic E-state index is 11.9. The fourth-order valence-electron chi connectivity index (χ4n) is 6.82. The number of terminal acetylenes is 1. The van der Waals surface area contributed by atoms with Crippen molar-refractivity contribution in [3.8, 4) is 12.3 Å². The molecule has 3 saturated carbocycles. The van der Waals surface area contributed by atoms with Gasteiger partial charge < -0.3 is 0 Å². The minimum Gasteiger partial charge on any atom is -0.295 e. The minimum atomic E-state index is 0.296. The van der Waals surface area contributed by atoms with Gasteiger partial charge in [-0.25, -0.2) is 0 Å². The van der Waals surface area contributed by atoms with Gasteiger partial charge in [0.15, 0.2) is 5.78 Å². The number of rotatable bonds is 0. The van der Waals surface area contributed by atoms with Crippen LogP contribution in [0.5, 0.6) is 0 Å². The van der Waals surface area contributed by atoms with Crippen molar-refractivity contribution < 1.29 is 4.79 Å². The Balaban J connectivity index is 1.69. The van der Waals surface area contributed by atoms with Gasteiger partial charge in [-0.1, -0.05) is 19.4 Å². The lowest BCUT2D eigenvalue weighted by atomic mass is 9.48. The Morgan fingerprint density at radius 1 is 1.23 bits per heavy atom. The van der Waals surface area contributed by atoms with Crippen LogP contribution in [-0.2, 0) is 4.79 Å². The summed E-state index contributed by atoms with van der Waals surface area (Å²) >= 11 is 0. The fraction of sp³-hybridized carbons (Fsp3) is 0.762. The van der Waals surface area contributed by atoms with Gasteiger partial charge in [0.2, 0.25) is 0 Å². The maximum Gasteiger partial charge on any atom is 0.155 e.